The van der Waals surface area contributed by atoms with E-state index in [4.69, 9.17) is 21.1 Å². The van der Waals surface area contributed by atoms with Gasteiger partial charge in [0, 0.05) is 25.2 Å². The first-order valence-electron chi connectivity index (χ1n) is 10.8. The lowest BCUT2D eigenvalue weighted by Crippen LogP contribution is -2.39. The van der Waals surface area contributed by atoms with Gasteiger partial charge in [-0.15, -0.1) is 0 Å². The monoisotopic (exact) mass is 478 g/mol. The SMILES string of the molecule is C[C@@H]1CCCN(S(=O)(=O)c2ccc(C(=O)NCCc3cc(Cl)c4c(c3)OCCO4)cc2)C1. The van der Waals surface area contributed by atoms with Crippen molar-refractivity contribution in [2.45, 2.75) is 31.1 Å². The zero-order chi connectivity index (χ0) is 22.7. The molecule has 4 rings (SSSR count). The maximum absolute atomic E-state index is 12.9. The number of piperidine rings is 1. The van der Waals surface area contributed by atoms with E-state index in [0.29, 0.717) is 67.3 Å². The molecule has 2 heterocycles. The van der Waals surface area contributed by atoms with Crippen LogP contribution >= 0.6 is 11.6 Å². The number of hydrogen-bond donors (Lipinski definition) is 1. The van der Waals surface area contributed by atoms with Gasteiger partial charge in [0.2, 0.25) is 10.0 Å². The van der Waals surface area contributed by atoms with Crippen LogP contribution in [0, 0.1) is 5.92 Å². The van der Waals surface area contributed by atoms with Crippen molar-refractivity contribution in [1.29, 1.82) is 0 Å². The zero-order valence-corrected chi connectivity index (χ0v) is 19.5. The second-order valence-electron chi connectivity index (χ2n) is 8.24. The lowest BCUT2D eigenvalue weighted by Gasteiger charge is -2.30. The Kier molecular flexibility index (Phi) is 6.93. The Morgan fingerprint density at radius 1 is 1.19 bits per heavy atom. The molecule has 2 aromatic carbocycles. The van der Waals surface area contributed by atoms with Crippen LogP contribution < -0.4 is 14.8 Å². The standard InChI is InChI=1S/C23H27ClN2O5S/c1-16-3-2-10-26(15-16)32(28,29)19-6-4-18(5-7-19)23(27)25-9-8-17-13-20(24)22-21(14-17)30-11-12-31-22/h4-7,13-14,16H,2-3,8-12,15H2,1H3,(H,25,27)/t16-/m1/s1. The number of carbonyl (C=O) groups excluding carboxylic acids is 1. The molecule has 2 aliphatic rings. The number of halogens is 1. The molecule has 172 valence electrons. The average Bonchev–Trinajstić information content (AvgIpc) is 2.79. The van der Waals surface area contributed by atoms with Gasteiger partial charge in [0.05, 0.1) is 9.92 Å². The molecular weight excluding hydrogens is 452 g/mol. The maximum Gasteiger partial charge on any atom is 0.251 e. The van der Waals surface area contributed by atoms with Gasteiger partial charge in [-0.3, -0.25) is 4.79 Å². The Bertz CT molecular complexity index is 1090. The number of rotatable bonds is 6. The molecule has 0 aliphatic carbocycles. The van der Waals surface area contributed by atoms with Gasteiger partial charge in [-0.2, -0.15) is 4.31 Å². The van der Waals surface area contributed by atoms with Crippen molar-refractivity contribution in [3.05, 3.63) is 52.5 Å². The first-order chi connectivity index (χ1) is 15.3. The number of hydrogen-bond acceptors (Lipinski definition) is 5. The van der Waals surface area contributed by atoms with E-state index in [0.717, 1.165) is 18.4 Å². The van der Waals surface area contributed by atoms with E-state index in [1.54, 1.807) is 12.1 Å². The van der Waals surface area contributed by atoms with Crippen molar-refractivity contribution in [1.82, 2.24) is 9.62 Å². The minimum Gasteiger partial charge on any atom is -0.486 e. The number of amides is 1. The summed E-state index contributed by atoms with van der Waals surface area (Å²) in [6.07, 6.45) is 2.49. The molecule has 7 nitrogen and oxygen atoms in total. The topological polar surface area (TPSA) is 84.9 Å². The van der Waals surface area contributed by atoms with Crippen molar-refractivity contribution >= 4 is 27.5 Å². The average molecular weight is 479 g/mol. The summed E-state index contributed by atoms with van der Waals surface area (Å²) in [5.41, 5.74) is 1.34. The summed E-state index contributed by atoms with van der Waals surface area (Å²) in [5.74, 6) is 1.27. The summed E-state index contributed by atoms with van der Waals surface area (Å²) >= 11 is 6.26. The molecule has 0 aromatic heterocycles. The molecule has 0 saturated carbocycles. The molecular formula is C23H27ClN2O5S. The van der Waals surface area contributed by atoms with Gasteiger partial charge >= 0.3 is 0 Å². The number of ether oxygens (including phenoxy) is 2. The second kappa shape index (κ2) is 9.68. The minimum atomic E-state index is -3.54. The van der Waals surface area contributed by atoms with Crippen LogP contribution in [-0.2, 0) is 16.4 Å². The summed E-state index contributed by atoms with van der Waals surface area (Å²) in [6.45, 7) is 4.49. The fourth-order valence-electron chi connectivity index (χ4n) is 4.02. The van der Waals surface area contributed by atoms with E-state index in [1.807, 2.05) is 12.1 Å². The molecule has 0 unspecified atom stereocenters. The van der Waals surface area contributed by atoms with E-state index in [2.05, 4.69) is 12.2 Å². The fraction of sp³-hybridized carbons (Fsp3) is 0.435. The highest BCUT2D eigenvalue weighted by Gasteiger charge is 2.28. The number of nitrogens with one attached hydrogen (secondary N) is 1. The Balaban J connectivity index is 1.35. The number of sulfonamides is 1. The van der Waals surface area contributed by atoms with Gasteiger partial charge in [0.15, 0.2) is 11.5 Å². The van der Waals surface area contributed by atoms with E-state index in [9.17, 15) is 13.2 Å². The number of carbonyl (C=O) groups is 1. The van der Waals surface area contributed by atoms with E-state index in [-0.39, 0.29) is 10.8 Å². The molecule has 2 aliphatic heterocycles. The molecule has 1 N–H and O–H groups in total. The van der Waals surface area contributed by atoms with Gasteiger partial charge in [-0.05, 0) is 67.1 Å². The van der Waals surface area contributed by atoms with Crippen LogP contribution in [-0.4, -0.2) is 51.5 Å². The van der Waals surface area contributed by atoms with E-state index in [1.165, 1.54) is 16.4 Å². The molecule has 1 amide bonds. The normalized spacial score (nSPS) is 18.9. The highest BCUT2D eigenvalue weighted by Crippen LogP contribution is 2.38. The third kappa shape index (κ3) is 5.03. The van der Waals surface area contributed by atoms with Gasteiger partial charge in [-0.1, -0.05) is 18.5 Å². The van der Waals surface area contributed by atoms with Crippen LogP contribution in [0.2, 0.25) is 5.02 Å². The van der Waals surface area contributed by atoms with Crippen LogP contribution in [0.3, 0.4) is 0 Å². The summed E-state index contributed by atoms with van der Waals surface area (Å²) in [7, 11) is -3.54. The molecule has 0 radical (unpaired) electrons. The number of fused-ring (bicyclic) bond motifs is 1. The summed E-state index contributed by atoms with van der Waals surface area (Å²) in [5, 5.41) is 3.35. The van der Waals surface area contributed by atoms with Gasteiger partial charge in [0.1, 0.15) is 13.2 Å². The second-order valence-corrected chi connectivity index (χ2v) is 10.6. The van der Waals surface area contributed by atoms with Crippen molar-refractivity contribution < 1.29 is 22.7 Å². The zero-order valence-electron chi connectivity index (χ0n) is 18.0. The predicted octanol–water partition coefficient (Wildman–Crippen LogP) is 3.50. The summed E-state index contributed by atoms with van der Waals surface area (Å²) in [4.78, 5) is 12.7. The largest absolute Gasteiger partial charge is 0.486 e. The van der Waals surface area contributed by atoms with E-state index >= 15 is 0 Å². The number of benzene rings is 2. The van der Waals surface area contributed by atoms with Crippen molar-refractivity contribution in [3.63, 3.8) is 0 Å². The van der Waals surface area contributed by atoms with E-state index < -0.39 is 10.0 Å². The molecule has 1 atom stereocenters. The first-order valence-corrected chi connectivity index (χ1v) is 12.6. The Hall–Kier alpha value is -2.29. The lowest BCUT2D eigenvalue weighted by molar-refractivity contribution is 0.0954. The van der Waals surface area contributed by atoms with Gasteiger partial charge in [0.25, 0.3) is 5.91 Å². The summed E-state index contributed by atoms with van der Waals surface area (Å²) in [6, 6.07) is 9.79. The lowest BCUT2D eigenvalue weighted by atomic mass is 10.0. The quantitative estimate of drug-likeness (QED) is 0.686. The third-order valence-electron chi connectivity index (χ3n) is 5.73. The number of nitrogens with zero attached hydrogens (tertiary/aromatic N) is 1. The molecule has 9 heteroatoms. The van der Waals surface area contributed by atoms with Crippen molar-refractivity contribution in [2.75, 3.05) is 32.8 Å². The van der Waals surface area contributed by atoms with Gasteiger partial charge in [-0.25, -0.2) is 8.42 Å². The Morgan fingerprint density at radius 2 is 1.94 bits per heavy atom. The van der Waals surface area contributed by atoms with Gasteiger partial charge < -0.3 is 14.8 Å². The molecule has 0 spiro atoms. The summed E-state index contributed by atoms with van der Waals surface area (Å²) < 4.78 is 38.4. The highest BCUT2D eigenvalue weighted by molar-refractivity contribution is 7.89. The molecule has 32 heavy (non-hydrogen) atoms. The Labute approximate surface area is 193 Å². The van der Waals surface area contributed by atoms with Crippen LogP contribution in [0.4, 0.5) is 0 Å². The fourth-order valence-corrected chi connectivity index (χ4v) is 5.91. The maximum atomic E-state index is 12.9. The molecule has 2 aromatic rings. The highest BCUT2D eigenvalue weighted by atomic mass is 35.5. The predicted molar refractivity (Wildman–Crippen MR) is 122 cm³/mol. The first kappa shape index (κ1) is 22.9. The van der Waals surface area contributed by atoms with Crippen LogP contribution in [0.5, 0.6) is 11.5 Å². The Morgan fingerprint density at radius 3 is 2.69 bits per heavy atom. The minimum absolute atomic E-state index is 0.217. The smallest absolute Gasteiger partial charge is 0.251 e. The molecule has 1 fully saturated rings. The van der Waals surface area contributed by atoms with Crippen LogP contribution in [0.15, 0.2) is 41.3 Å². The third-order valence-corrected chi connectivity index (χ3v) is 7.89. The molecule has 1 saturated heterocycles. The van der Waals surface area contributed by atoms with Crippen molar-refractivity contribution in [3.8, 4) is 11.5 Å². The molecule has 0 bridgehead atoms. The van der Waals surface area contributed by atoms with Crippen LogP contribution in [0.1, 0.15) is 35.7 Å². The van der Waals surface area contributed by atoms with Crippen LogP contribution in [0.25, 0.3) is 0 Å². The van der Waals surface area contributed by atoms with Crippen molar-refractivity contribution in [2.24, 2.45) is 5.92 Å².